The summed E-state index contributed by atoms with van der Waals surface area (Å²) in [6, 6.07) is 6.15. The van der Waals surface area contributed by atoms with Crippen LogP contribution in [0.3, 0.4) is 0 Å². The maximum absolute atomic E-state index is 12.2. The summed E-state index contributed by atoms with van der Waals surface area (Å²) in [7, 11) is -6.63. The number of benzene rings is 1. The van der Waals surface area contributed by atoms with Gasteiger partial charge in [-0.15, -0.1) is 0 Å². The van der Waals surface area contributed by atoms with Gasteiger partial charge in [-0.1, -0.05) is 6.92 Å². The molecule has 0 amide bonds. The Hall–Kier alpha value is -1.16. The normalized spacial score (nSPS) is 18.6. The van der Waals surface area contributed by atoms with Crippen molar-refractivity contribution in [2.24, 2.45) is 0 Å². The van der Waals surface area contributed by atoms with Gasteiger partial charge in [0.2, 0.25) is 10.0 Å². The topological polar surface area (TPSA) is 102 Å². The molecule has 0 bridgehead atoms. The number of ether oxygens (including phenoxy) is 1. The summed E-state index contributed by atoms with van der Waals surface area (Å²) in [6.07, 6.45) is 2.03. The van der Waals surface area contributed by atoms with Crippen molar-refractivity contribution in [2.45, 2.75) is 30.7 Å². The molecule has 1 saturated heterocycles. The lowest BCUT2D eigenvalue weighted by atomic mass is 10.2. The molecule has 1 aliphatic rings. The van der Waals surface area contributed by atoms with E-state index in [-0.39, 0.29) is 29.0 Å². The van der Waals surface area contributed by atoms with Crippen molar-refractivity contribution < 1.29 is 21.6 Å². The van der Waals surface area contributed by atoms with Gasteiger partial charge in [-0.05, 0) is 43.7 Å². The first-order valence-corrected chi connectivity index (χ1v) is 11.3. The highest BCUT2D eigenvalue weighted by Gasteiger charge is 2.19. The summed E-state index contributed by atoms with van der Waals surface area (Å²) >= 11 is 0. The highest BCUT2D eigenvalue weighted by molar-refractivity contribution is 7.91. The third kappa shape index (κ3) is 5.73. The van der Waals surface area contributed by atoms with Crippen LogP contribution in [0.4, 0.5) is 0 Å². The number of sulfone groups is 1. The van der Waals surface area contributed by atoms with Crippen LogP contribution in [-0.2, 0) is 19.9 Å². The molecule has 0 saturated carbocycles. The summed E-state index contributed by atoms with van der Waals surface area (Å²) in [5.41, 5.74) is 0. The molecule has 1 unspecified atom stereocenters. The Kier molecular flexibility index (Phi) is 6.62. The molecule has 1 aromatic rings. The van der Waals surface area contributed by atoms with Crippen molar-refractivity contribution in [3.63, 3.8) is 0 Å². The summed E-state index contributed by atoms with van der Waals surface area (Å²) in [5, 5.41) is 3.23. The average molecular weight is 377 g/mol. The Bertz CT molecular complexity index is 724. The molecule has 24 heavy (non-hydrogen) atoms. The first-order valence-electron chi connectivity index (χ1n) is 7.99. The van der Waals surface area contributed by atoms with Crippen LogP contribution in [0.2, 0.25) is 0 Å². The molecule has 7 nitrogen and oxygen atoms in total. The van der Waals surface area contributed by atoms with Crippen LogP contribution >= 0.6 is 0 Å². The molecule has 2 N–H and O–H groups in total. The zero-order chi connectivity index (χ0) is 17.6. The minimum atomic E-state index is -3.55. The fraction of sp³-hybridized carbons (Fsp3) is 0.600. The van der Waals surface area contributed by atoms with E-state index in [0.717, 1.165) is 19.4 Å². The van der Waals surface area contributed by atoms with Crippen LogP contribution in [0.15, 0.2) is 29.2 Å². The summed E-state index contributed by atoms with van der Waals surface area (Å²) in [4.78, 5) is 0.161. The maximum Gasteiger partial charge on any atom is 0.240 e. The molecule has 2 rings (SSSR count). The molecule has 1 aliphatic heterocycles. The molecule has 1 heterocycles. The Morgan fingerprint density at radius 2 is 1.92 bits per heavy atom. The average Bonchev–Trinajstić information content (AvgIpc) is 3.07. The number of sulfonamides is 1. The van der Waals surface area contributed by atoms with E-state index in [4.69, 9.17) is 4.74 Å². The lowest BCUT2D eigenvalue weighted by Crippen LogP contribution is -2.37. The molecule has 136 valence electrons. The SMILES string of the molecule is CCS(=O)(=O)CCOc1ccc(S(=O)(=O)NCC2CCCN2)cc1. The molecule has 0 spiro atoms. The smallest absolute Gasteiger partial charge is 0.240 e. The van der Waals surface area contributed by atoms with E-state index in [1.807, 2.05) is 0 Å². The zero-order valence-electron chi connectivity index (χ0n) is 13.7. The lowest BCUT2D eigenvalue weighted by molar-refractivity contribution is 0.340. The second-order valence-corrected chi connectivity index (χ2v) is 9.94. The van der Waals surface area contributed by atoms with Gasteiger partial charge in [-0.25, -0.2) is 21.6 Å². The van der Waals surface area contributed by atoms with Gasteiger partial charge in [0, 0.05) is 18.3 Å². The van der Waals surface area contributed by atoms with Gasteiger partial charge < -0.3 is 10.1 Å². The molecule has 1 atom stereocenters. The zero-order valence-corrected chi connectivity index (χ0v) is 15.3. The molecule has 1 fully saturated rings. The van der Waals surface area contributed by atoms with E-state index >= 15 is 0 Å². The molecule has 0 aliphatic carbocycles. The standard InChI is InChI=1S/C15H24N2O5S2/c1-2-23(18,19)11-10-22-14-5-7-15(8-6-14)24(20,21)17-12-13-4-3-9-16-13/h5-8,13,16-17H,2-4,9-12H2,1H3. The summed E-state index contributed by atoms with van der Waals surface area (Å²) in [6.45, 7) is 2.93. The first kappa shape index (κ1) is 19.2. The monoisotopic (exact) mass is 376 g/mol. The van der Waals surface area contributed by atoms with E-state index < -0.39 is 19.9 Å². The second-order valence-electron chi connectivity index (χ2n) is 5.70. The van der Waals surface area contributed by atoms with E-state index in [2.05, 4.69) is 10.0 Å². The van der Waals surface area contributed by atoms with E-state index in [1.54, 1.807) is 6.92 Å². The Labute approximate surface area is 143 Å². The molecule has 0 aromatic heterocycles. The fourth-order valence-electron chi connectivity index (χ4n) is 2.37. The fourth-order valence-corrected chi connectivity index (χ4v) is 4.08. The van der Waals surface area contributed by atoms with Gasteiger partial charge in [0.15, 0.2) is 9.84 Å². The maximum atomic E-state index is 12.2. The van der Waals surface area contributed by atoms with Crippen LogP contribution < -0.4 is 14.8 Å². The second kappa shape index (κ2) is 8.28. The number of rotatable bonds is 9. The highest BCUT2D eigenvalue weighted by Crippen LogP contribution is 2.16. The van der Waals surface area contributed by atoms with Crippen molar-refractivity contribution in [2.75, 3.05) is 31.2 Å². The minimum absolute atomic E-state index is 0.0495. The molecular weight excluding hydrogens is 352 g/mol. The van der Waals surface area contributed by atoms with Gasteiger partial charge >= 0.3 is 0 Å². The highest BCUT2D eigenvalue weighted by atomic mass is 32.2. The first-order chi connectivity index (χ1) is 11.3. The van der Waals surface area contributed by atoms with Crippen LogP contribution in [-0.4, -0.2) is 54.1 Å². The van der Waals surface area contributed by atoms with E-state index in [9.17, 15) is 16.8 Å². The molecule has 0 radical (unpaired) electrons. The van der Waals surface area contributed by atoms with Crippen molar-refractivity contribution >= 4 is 19.9 Å². The van der Waals surface area contributed by atoms with Gasteiger partial charge in [0.1, 0.15) is 12.4 Å². The van der Waals surface area contributed by atoms with Crippen molar-refractivity contribution in [3.8, 4) is 5.75 Å². The third-order valence-corrected chi connectivity index (χ3v) is 7.03. The molecule has 9 heteroatoms. The Morgan fingerprint density at radius 1 is 1.21 bits per heavy atom. The van der Waals surface area contributed by atoms with Crippen molar-refractivity contribution in [1.82, 2.24) is 10.0 Å². The molecule has 1 aromatic carbocycles. The van der Waals surface area contributed by atoms with Crippen LogP contribution in [0, 0.1) is 0 Å². The van der Waals surface area contributed by atoms with Crippen LogP contribution in [0.1, 0.15) is 19.8 Å². The molecular formula is C15H24N2O5S2. The van der Waals surface area contributed by atoms with Crippen molar-refractivity contribution in [3.05, 3.63) is 24.3 Å². The van der Waals surface area contributed by atoms with Crippen LogP contribution in [0.25, 0.3) is 0 Å². The van der Waals surface area contributed by atoms with E-state index in [0.29, 0.717) is 12.3 Å². The van der Waals surface area contributed by atoms with Gasteiger partial charge in [0.05, 0.1) is 10.6 Å². The predicted molar refractivity (Wildman–Crippen MR) is 92.5 cm³/mol. The van der Waals surface area contributed by atoms with Crippen molar-refractivity contribution in [1.29, 1.82) is 0 Å². The van der Waals surface area contributed by atoms with Crippen LogP contribution in [0.5, 0.6) is 5.75 Å². The quantitative estimate of drug-likeness (QED) is 0.652. The van der Waals surface area contributed by atoms with Gasteiger partial charge in [-0.2, -0.15) is 0 Å². The van der Waals surface area contributed by atoms with Gasteiger partial charge in [-0.3, -0.25) is 0 Å². The number of nitrogens with one attached hydrogen (secondary N) is 2. The summed E-state index contributed by atoms with van der Waals surface area (Å²) < 4.78 is 55.2. The Morgan fingerprint density at radius 3 is 2.50 bits per heavy atom. The predicted octanol–water partition coefficient (Wildman–Crippen LogP) is 0.530. The minimum Gasteiger partial charge on any atom is -0.493 e. The Balaban J connectivity index is 1.88. The largest absolute Gasteiger partial charge is 0.493 e. The van der Waals surface area contributed by atoms with Gasteiger partial charge in [0.25, 0.3) is 0 Å². The summed E-state index contributed by atoms with van der Waals surface area (Å²) in [5.74, 6) is 0.465. The lowest BCUT2D eigenvalue weighted by Gasteiger charge is -2.12. The van der Waals surface area contributed by atoms with E-state index in [1.165, 1.54) is 24.3 Å². The number of hydrogen-bond donors (Lipinski definition) is 2. The third-order valence-electron chi connectivity index (χ3n) is 3.92. The number of hydrogen-bond acceptors (Lipinski definition) is 6.